The zero-order valence-electron chi connectivity index (χ0n) is 11.3. The van der Waals surface area contributed by atoms with E-state index in [1.54, 1.807) is 0 Å². The van der Waals surface area contributed by atoms with Gasteiger partial charge in [-0.2, -0.15) is 0 Å². The molecule has 3 atom stereocenters. The molecule has 0 aliphatic heterocycles. The van der Waals surface area contributed by atoms with Crippen molar-refractivity contribution < 1.29 is 0 Å². The zero-order valence-corrected chi connectivity index (χ0v) is 12.8. The molecule has 104 valence electrons. The van der Waals surface area contributed by atoms with E-state index in [1.165, 1.54) is 12.0 Å². The summed E-state index contributed by atoms with van der Waals surface area (Å²) in [5, 5.41) is 4.93. The minimum Gasteiger partial charge on any atom is -0.313 e. The summed E-state index contributed by atoms with van der Waals surface area (Å²) in [7, 11) is 1.99. The maximum absolute atomic E-state index is 6.34. The smallest absolute Gasteiger partial charge is 0.0454 e. The predicted molar refractivity (Wildman–Crippen MR) is 85.6 cm³/mol. The van der Waals surface area contributed by atoms with Gasteiger partial charge in [0.1, 0.15) is 0 Å². The van der Waals surface area contributed by atoms with Crippen LogP contribution in [0.2, 0.25) is 10.0 Å². The third kappa shape index (κ3) is 2.71. The SMILES string of the molecule is CNC(c1cc(Cl)ccc1Cl)C1CC1c1ccccc1. The van der Waals surface area contributed by atoms with Gasteiger partial charge in [0.05, 0.1) is 0 Å². The second kappa shape index (κ2) is 5.77. The fourth-order valence-corrected chi connectivity index (χ4v) is 3.44. The van der Waals surface area contributed by atoms with Crippen LogP contribution in [-0.4, -0.2) is 7.05 Å². The fraction of sp³-hybridized carbons (Fsp3) is 0.294. The molecule has 1 aliphatic carbocycles. The third-order valence-electron chi connectivity index (χ3n) is 4.10. The Labute approximate surface area is 129 Å². The van der Waals surface area contributed by atoms with E-state index >= 15 is 0 Å². The van der Waals surface area contributed by atoms with Gasteiger partial charge >= 0.3 is 0 Å². The van der Waals surface area contributed by atoms with Gasteiger partial charge in [0.2, 0.25) is 0 Å². The van der Waals surface area contributed by atoms with Crippen LogP contribution in [0.15, 0.2) is 48.5 Å². The molecular weight excluding hydrogens is 289 g/mol. The second-order valence-corrected chi connectivity index (χ2v) is 6.19. The molecule has 0 heterocycles. The van der Waals surface area contributed by atoms with E-state index in [0.29, 0.717) is 11.8 Å². The maximum atomic E-state index is 6.34. The Morgan fingerprint density at radius 2 is 1.85 bits per heavy atom. The van der Waals surface area contributed by atoms with E-state index in [4.69, 9.17) is 23.2 Å². The van der Waals surface area contributed by atoms with E-state index in [2.05, 4.69) is 35.6 Å². The molecule has 0 amide bonds. The molecule has 3 heteroatoms. The number of benzene rings is 2. The normalized spacial score (nSPS) is 22.6. The molecule has 0 bridgehead atoms. The highest BCUT2D eigenvalue weighted by atomic mass is 35.5. The molecule has 0 saturated heterocycles. The monoisotopic (exact) mass is 305 g/mol. The summed E-state index contributed by atoms with van der Waals surface area (Å²) in [5.74, 6) is 1.20. The highest BCUT2D eigenvalue weighted by molar-refractivity contribution is 6.33. The Balaban J connectivity index is 1.84. The van der Waals surface area contributed by atoms with E-state index < -0.39 is 0 Å². The third-order valence-corrected chi connectivity index (χ3v) is 4.68. The summed E-state index contributed by atoms with van der Waals surface area (Å²) in [4.78, 5) is 0. The Hall–Kier alpha value is -1.02. The average molecular weight is 306 g/mol. The van der Waals surface area contributed by atoms with Crippen LogP contribution in [0.25, 0.3) is 0 Å². The standard InChI is InChI=1S/C17H17Cl2N/c1-20-17(15-9-12(18)7-8-16(15)19)14-10-13(14)11-5-3-2-4-6-11/h2-9,13-14,17,20H,10H2,1H3. The number of hydrogen-bond acceptors (Lipinski definition) is 1. The minimum absolute atomic E-state index is 0.256. The molecule has 2 aromatic rings. The molecule has 3 unspecified atom stereocenters. The fourth-order valence-electron chi connectivity index (χ4n) is 3.02. The molecule has 1 N–H and O–H groups in total. The highest BCUT2D eigenvalue weighted by Gasteiger charge is 2.44. The average Bonchev–Trinajstić information content (AvgIpc) is 3.25. The lowest BCUT2D eigenvalue weighted by atomic mass is 9.99. The van der Waals surface area contributed by atoms with E-state index in [9.17, 15) is 0 Å². The van der Waals surface area contributed by atoms with Crippen molar-refractivity contribution in [3.8, 4) is 0 Å². The topological polar surface area (TPSA) is 12.0 Å². The van der Waals surface area contributed by atoms with Crippen LogP contribution >= 0.6 is 23.2 Å². The first-order valence-corrected chi connectivity index (χ1v) is 7.63. The van der Waals surface area contributed by atoms with Gasteiger partial charge in [-0.15, -0.1) is 0 Å². The van der Waals surface area contributed by atoms with Crippen LogP contribution in [0.3, 0.4) is 0 Å². The molecule has 1 saturated carbocycles. The van der Waals surface area contributed by atoms with Crippen LogP contribution < -0.4 is 5.32 Å². The molecule has 0 spiro atoms. The van der Waals surface area contributed by atoms with Gasteiger partial charge in [0.15, 0.2) is 0 Å². The lowest BCUT2D eigenvalue weighted by molar-refractivity contribution is 0.518. The van der Waals surface area contributed by atoms with E-state index in [1.807, 2.05) is 25.2 Å². The molecule has 0 aromatic heterocycles. The lowest BCUT2D eigenvalue weighted by Gasteiger charge is -2.18. The summed E-state index contributed by atoms with van der Waals surface area (Å²) < 4.78 is 0. The van der Waals surface area contributed by atoms with Crippen molar-refractivity contribution in [2.75, 3.05) is 7.05 Å². The second-order valence-electron chi connectivity index (χ2n) is 5.35. The zero-order chi connectivity index (χ0) is 14.1. The van der Waals surface area contributed by atoms with Crippen LogP contribution in [0.5, 0.6) is 0 Å². The Bertz CT molecular complexity index is 597. The van der Waals surface area contributed by atoms with Crippen LogP contribution in [0.4, 0.5) is 0 Å². The summed E-state index contributed by atoms with van der Waals surface area (Å²) in [6.07, 6.45) is 1.19. The number of hydrogen-bond donors (Lipinski definition) is 1. The first-order valence-electron chi connectivity index (χ1n) is 6.88. The molecule has 1 nitrogen and oxygen atoms in total. The number of nitrogens with one attached hydrogen (secondary N) is 1. The van der Waals surface area contributed by atoms with Crippen molar-refractivity contribution in [2.45, 2.75) is 18.4 Å². The highest BCUT2D eigenvalue weighted by Crippen LogP contribution is 2.54. The molecule has 20 heavy (non-hydrogen) atoms. The van der Waals surface area contributed by atoms with Crippen molar-refractivity contribution in [2.24, 2.45) is 5.92 Å². The van der Waals surface area contributed by atoms with Crippen molar-refractivity contribution >= 4 is 23.2 Å². The van der Waals surface area contributed by atoms with Crippen molar-refractivity contribution in [3.63, 3.8) is 0 Å². The van der Waals surface area contributed by atoms with Crippen molar-refractivity contribution in [3.05, 3.63) is 69.7 Å². The predicted octanol–water partition coefficient (Wildman–Crippen LogP) is 5.06. The number of rotatable bonds is 4. The molecule has 0 radical (unpaired) electrons. The molecular formula is C17H17Cl2N. The van der Waals surface area contributed by atoms with Gasteiger partial charge < -0.3 is 5.32 Å². The van der Waals surface area contributed by atoms with Crippen LogP contribution in [0, 0.1) is 5.92 Å². The van der Waals surface area contributed by atoms with Crippen molar-refractivity contribution in [1.29, 1.82) is 0 Å². The lowest BCUT2D eigenvalue weighted by Crippen LogP contribution is -2.19. The van der Waals surface area contributed by atoms with E-state index in [0.717, 1.165) is 15.6 Å². The molecule has 3 rings (SSSR count). The molecule has 1 fully saturated rings. The summed E-state index contributed by atoms with van der Waals surface area (Å²) in [5.41, 5.74) is 2.51. The Kier molecular flexibility index (Phi) is 4.02. The Morgan fingerprint density at radius 3 is 2.55 bits per heavy atom. The van der Waals surface area contributed by atoms with Gasteiger partial charge in [-0.1, -0.05) is 53.5 Å². The minimum atomic E-state index is 0.256. The van der Waals surface area contributed by atoms with Gasteiger partial charge in [-0.25, -0.2) is 0 Å². The van der Waals surface area contributed by atoms with E-state index in [-0.39, 0.29) is 6.04 Å². The van der Waals surface area contributed by atoms with Gasteiger partial charge in [-0.3, -0.25) is 0 Å². The summed E-state index contributed by atoms with van der Waals surface area (Å²) in [6, 6.07) is 16.6. The van der Waals surface area contributed by atoms with Gasteiger partial charge in [0.25, 0.3) is 0 Å². The first-order chi connectivity index (χ1) is 9.70. The molecule has 2 aromatic carbocycles. The first kappa shape index (κ1) is 13.9. The Morgan fingerprint density at radius 1 is 1.10 bits per heavy atom. The summed E-state index contributed by atoms with van der Waals surface area (Å²) >= 11 is 12.4. The van der Waals surface area contributed by atoms with Crippen LogP contribution in [-0.2, 0) is 0 Å². The largest absolute Gasteiger partial charge is 0.313 e. The molecule has 1 aliphatic rings. The quantitative estimate of drug-likeness (QED) is 0.832. The van der Waals surface area contributed by atoms with Crippen molar-refractivity contribution in [1.82, 2.24) is 5.32 Å². The van der Waals surface area contributed by atoms with Gasteiger partial charge in [-0.05, 0) is 54.6 Å². The van der Waals surface area contributed by atoms with Crippen LogP contribution in [0.1, 0.15) is 29.5 Å². The number of halogens is 2. The van der Waals surface area contributed by atoms with Gasteiger partial charge in [0, 0.05) is 16.1 Å². The summed E-state index contributed by atoms with van der Waals surface area (Å²) in [6.45, 7) is 0. The maximum Gasteiger partial charge on any atom is 0.0454 e.